The highest BCUT2D eigenvalue weighted by Crippen LogP contribution is 2.44. The summed E-state index contributed by atoms with van der Waals surface area (Å²) >= 11 is 0. The van der Waals surface area contributed by atoms with Crippen molar-refractivity contribution in [2.24, 2.45) is 0 Å². The number of carbonyl (C=O) groups is 1. The summed E-state index contributed by atoms with van der Waals surface area (Å²) in [5.41, 5.74) is 5.18. The SMILES string of the molecule is CC(=O)Nc1ccc2nc(-c3ccncc3)cc(C3CC3)c2c1. The van der Waals surface area contributed by atoms with Gasteiger partial charge in [0.05, 0.1) is 11.2 Å². The molecule has 0 spiro atoms. The first-order valence-corrected chi connectivity index (χ1v) is 7.83. The minimum absolute atomic E-state index is 0.0568. The molecule has 0 saturated heterocycles. The second kappa shape index (κ2) is 5.47. The van der Waals surface area contributed by atoms with Crippen LogP contribution in [-0.2, 0) is 4.79 Å². The van der Waals surface area contributed by atoms with E-state index in [0.717, 1.165) is 27.8 Å². The molecule has 23 heavy (non-hydrogen) atoms. The van der Waals surface area contributed by atoms with Crippen molar-refractivity contribution in [2.75, 3.05) is 5.32 Å². The van der Waals surface area contributed by atoms with Crippen LogP contribution in [0.4, 0.5) is 5.69 Å². The van der Waals surface area contributed by atoms with E-state index in [9.17, 15) is 4.79 Å². The molecule has 1 saturated carbocycles. The average Bonchev–Trinajstić information content (AvgIpc) is 3.39. The van der Waals surface area contributed by atoms with Gasteiger partial charge in [0.15, 0.2) is 0 Å². The van der Waals surface area contributed by atoms with Gasteiger partial charge in [-0.1, -0.05) is 0 Å². The van der Waals surface area contributed by atoms with E-state index in [1.165, 1.54) is 25.3 Å². The zero-order valence-electron chi connectivity index (χ0n) is 12.9. The summed E-state index contributed by atoms with van der Waals surface area (Å²) in [7, 11) is 0. The number of nitrogens with one attached hydrogen (secondary N) is 1. The van der Waals surface area contributed by atoms with Gasteiger partial charge in [-0.15, -0.1) is 0 Å². The van der Waals surface area contributed by atoms with Gasteiger partial charge in [-0.05, 0) is 60.7 Å². The summed E-state index contributed by atoms with van der Waals surface area (Å²) in [6, 6.07) is 12.1. The van der Waals surface area contributed by atoms with E-state index in [1.807, 2.05) is 30.3 Å². The predicted octanol–water partition coefficient (Wildman–Crippen LogP) is 4.13. The standard InChI is InChI=1S/C19H17N3O/c1-12(23)21-15-4-5-18-17(10-15)16(13-2-3-13)11-19(22-18)14-6-8-20-9-7-14/h4-11,13H,2-3H2,1H3,(H,21,23). The molecule has 0 unspecified atom stereocenters. The summed E-state index contributed by atoms with van der Waals surface area (Å²) in [6.07, 6.45) is 6.02. The number of amides is 1. The van der Waals surface area contributed by atoms with E-state index in [4.69, 9.17) is 4.98 Å². The van der Waals surface area contributed by atoms with E-state index < -0.39 is 0 Å². The van der Waals surface area contributed by atoms with E-state index in [1.54, 1.807) is 12.4 Å². The first-order chi connectivity index (χ1) is 11.2. The fourth-order valence-electron chi connectivity index (χ4n) is 2.94. The Balaban J connectivity index is 1.88. The number of aromatic nitrogens is 2. The van der Waals surface area contributed by atoms with Crippen LogP contribution < -0.4 is 5.32 Å². The van der Waals surface area contributed by atoms with Gasteiger partial charge in [-0.25, -0.2) is 4.98 Å². The van der Waals surface area contributed by atoms with E-state index >= 15 is 0 Å². The highest BCUT2D eigenvalue weighted by molar-refractivity contribution is 5.94. The Morgan fingerprint density at radius 2 is 1.91 bits per heavy atom. The van der Waals surface area contributed by atoms with Crippen LogP contribution >= 0.6 is 0 Å². The normalized spacial score (nSPS) is 14.0. The van der Waals surface area contributed by atoms with Gasteiger partial charge in [-0.3, -0.25) is 9.78 Å². The second-order valence-corrected chi connectivity index (χ2v) is 6.02. The van der Waals surface area contributed by atoms with Crippen LogP contribution in [0.5, 0.6) is 0 Å². The van der Waals surface area contributed by atoms with Crippen LogP contribution in [0, 0.1) is 0 Å². The van der Waals surface area contributed by atoms with Crippen molar-refractivity contribution in [1.29, 1.82) is 0 Å². The Morgan fingerprint density at radius 3 is 2.61 bits per heavy atom. The summed E-state index contributed by atoms with van der Waals surface area (Å²) in [6.45, 7) is 1.52. The topological polar surface area (TPSA) is 54.9 Å². The Bertz CT molecular complexity index is 886. The lowest BCUT2D eigenvalue weighted by atomic mass is 10.0. The highest BCUT2D eigenvalue weighted by Gasteiger charge is 2.26. The quantitative estimate of drug-likeness (QED) is 0.791. The number of carbonyl (C=O) groups excluding carboxylic acids is 1. The summed E-state index contributed by atoms with van der Waals surface area (Å²) in [5, 5.41) is 3.99. The predicted molar refractivity (Wildman–Crippen MR) is 91.3 cm³/mol. The number of fused-ring (bicyclic) bond motifs is 1. The van der Waals surface area contributed by atoms with Crippen molar-refractivity contribution in [1.82, 2.24) is 9.97 Å². The fourth-order valence-corrected chi connectivity index (χ4v) is 2.94. The molecular formula is C19H17N3O. The maximum Gasteiger partial charge on any atom is 0.221 e. The Kier molecular flexibility index (Phi) is 3.30. The lowest BCUT2D eigenvalue weighted by Crippen LogP contribution is -2.05. The van der Waals surface area contributed by atoms with E-state index in [-0.39, 0.29) is 5.91 Å². The summed E-state index contributed by atoms with van der Waals surface area (Å²) in [5.74, 6) is 0.548. The molecule has 0 aliphatic heterocycles. The zero-order chi connectivity index (χ0) is 15.8. The number of anilines is 1. The van der Waals surface area contributed by atoms with E-state index in [0.29, 0.717) is 5.92 Å². The van der Waals surface area contributed by atoms with Crippen molar-refractivity contribution >= 4 is 22.5 Å². The van der Waals surface area contributed by atoms with Crippen LogP contribution in [0.15, 0.2) is 48.8 Å². The molecule has 4 nitrogen and oxygen atoms in total. The first kappa shape index (κ1) is 13.9. The van der Waals surface area contributed by atoms with Gasteiger partial charge in [-0.2, -0.15) is 0 Å². The third-order valence-corrected chi connectivity index (χ3v) is 4.15. The Labute approximate surface area is 134 Å². The molecule has 0 radical (unpaired) electrons. The number of hydrogen-bond donors (Lipinski definition) is 1. The number of benzene rings is 1. The molecule has 4 heteroatoms. The minimum atomic E-state index is -0.0568. The molecule has 3 aromatic rings. The van der Waals surface area contributed by atoms with Gasteiger partial charge in [0.1, 0.15) is 0 Å². The molecule has 2 heterocycles. The van der Waals surface area contributed by atoms with Crippen molar-refractivity contribution in [3.8, 4) is 11.3 Å². The van der Waals surface area contributed by atoms with Crippen molar-refractivity contribution in [3.05, 3.63) is 54.4 Å². The highest BCUT2D eigenvalue weighted by atomic mass is 16.1. The molecule has 1 amide bonds. The van der Waals surface area contributed by atoms with Crippen LogP contribution in [0.3, 0.4) is 0 Å². The van der Waals surface area contributed by atoms with Crippen molar-refractivity contribution in [2.45, 2.75) is 25.7 Å². The monoisotopic (exact) mass is 303 g/mol. The summed E-state index contributed by atoms with van der Waals surface area (Å²) < 4.78 is 0. The Morgan fingerprint density at radius 1 is 1.13 bits per heavy atom. The van der Waals surface area contributed by atoms with Gasteiger partial charge in [0.25, 0.3) is 0 Å². The Hall–Kier alpha value is -2.75. The number of rotatable bonds is 3. The molecule has 1 aromatic carbocycles. The molecule has 2 aromatic heterocycles. The average molecular weight is 303 g/mol. The maximum atomic E-state index is 11.3. The molecule has 0 bridgehead atoms. The molecule has 1 aliphatic carbocycles. The van der Waals surface area contributed by atoms with Crippen LogP contribution in [-0.4, -0.2) is 15.9 Å². The molecule has 1 aliphatic rings. The van der Waals surface area contributed by atoms with Crippen LogP contribution in [0.1, 0.15) is 31.2 Å². The van der Waals surface area contributed by atoms with Crippen molar-refractivity contribution < 1.29 is 4.79 Å². The number of nitrogens with zero attached hydrogens (tertiary/aromatic N) is 2. The largest absolute Gasteiger partial charge is 0.326 e. The zero-order valence-corrected chi connectivity index (χ0v) is 12.9. The van der Waals surface area contributed by atoms with Gasteiger partial charge in [0, 0.05) is 36.0 Å². The van der Waals surface area contributed by atoms with Crippen molar-refractivity contribution in [3.63, 3.8) is 0 Å². The third-order valence-electron chi connectivity index (χ3n) is 4.15. The maximum absolute atomic E-state index is 11.3. The second-order valence-electron chi connectivity index (χ2n) is 6.02. The molecule has 1 fully saturated rings. The molecule has 4 rings (SSSR count). The fraction of sp³-hybridized carbons (Fsp3) is 0.211. The van der Waals surface area contributed by atoms with Gasteiger partial charge >= 0.3 is 0 Å². The molecular weight excluding hydrogens is 286 g/mol. The molecule has 1 N–H and O–H groups in total. The van der Waals surface area contributed by atoms with E-state index in [2.05, 4.69) is 16.4 Å². The summed E-state index contributed by atoms with van der Waals surface area (Å²) in [4.78, 5) is 20.2. The number of pyridine rings is 2. The van der Waals surface area contributed by atoms with Gasteiger partial charge in [0.2, 0.25) is 5.91 Å². The first-order valence-electron chi connectivity index (χ1n) is 7.83. The minimum Gasteiger partial charge on any atom is -0.326 e. The lowest BCUT2D eigenvalue weighted by molar-refractivity contribution is -0.114. The lowest BCUT2D eigenvalue weighted by Gasteiger charge is -2.11. The third kappa shape index (κ3) is 2.80. The molecule has 114 valence electrons. The smallest absolute Gasteiger partial charge is 0.221 e. The number of hydrogen-bond acceptors (Lipinski definition) is 3. The molecule has 0 atom stereocenters. The van der Waals surface area contributed by atoms with Gasteiger partial charge < -0.3 is 5.32 Å². The van der Waals surface area contributed by atoms with Crippen LogP contribution in [0.25, 0.3) is 22.2 Å². The van der Waals surface area contributed by atoms with Crippen LogP contribution in [0.2, 0.25) is 0 Å².